The van der Waals surface area contributed by atoms with Crippen molar-refractivity contribution in [1.29, 1.82) is 0 Å². The van der Waals surface area contributed by atoms with Crippen molar-refractivity contribution in [3.63, 3.8) is 0 Å². The number of carbonyl (C=O) groups excluding carboxylic acids is 3. The second kappa shape index (κ2) is 6.06. The predicted octanol–water partition coefficient (Wildman–Crippen LogP) is 1.37. The lowest BCUT2D eigenvalue weighted by atomic mass is 9.80. The van der Waals surface area contributed by atoms with Crippen LogP contribution in [0.25, 0.3) is 0 Å². The van der Waals surface area contributed by atoms with Gasteiger partial charge in [-0.25, -0.2) is 0 Å². The van der Waals surface area contributed by atoms with Crippen LogP contribution >= 0.6 is 0 Å². The number of esters is 2. The Balaban J connectivity index is 1.35. The minimum Gasteiger partial charge on any atom is -0.495 e. The fourth-order valence-corrected chi connectivity index (χ4v) is 4.49. The van der Waals surface area contributed by atoms with Crippen LogP contribution in [0.1, 0.15) is 12.8 Å². The van der Waals surface area contributed by atoms with Crippen LogP contribution in [0.2, 0.25) is 0 Å². The van der Waals surface area contributed by atoms with Crippen LogP contribution in [0, 0.1) is 23.7 Å². The molecule has 1 amide bonds. The summed E-state index contributed by atoms with van der Waals surface area (Å²) in [5.41, 5.74) is 0.508. The molecule has 1 saturated heterocycles. The Hall–Kier alpha value is -2.57. The van der Waals surface area contributed by atoms with Crippen LogP contribution < -0.4 is 10.1 Å². The molecule has 0 spiro atoms. The van der Waals surface area contributed by atoms with Gasteiger partial charge in [0.1, 0.15) is 11.9 Å². The molecular formula is C18H19NO6. The molecule has 132 valence electrons. The van der Waals surface area contributed by atoms with E-state index in [0.717, 1.165) is 12.8 Å². The van der Waals surface area contributed by atoms with Crippen molar-refractivity contribution in [1.82, 2.24) is 0 Å². The summed E-state index contributed by atoms with van der Waals surface area (Å²) in [5, 5.41) is 2.65. The first kappa shape index (κ1) is 15.9. The largest absolute Gasteiger partial charge is 0.495 e. The minimum absolute atomic E-state index is 0.0274. The summed E-state index contributed by atoms with van der Waals surface area (Å²) in [4.78, 5) is 36.4. The molecule has 1 N–H and O–H groups in total. The maximum Gasteiger partial charge on any atom is 0.310 e. The van der Waals surface area contributed by atoms with Crippen molar-refractivity contribution >= 4 is 23.5 Å². The number of hydrogen-bond donors (Lipinski definition) is 1. The lowest BCUT2D eigenvalue weighted by molar-refractivity contribution is -0.157. The first-order valence-electron chi connectivity index (χ1n) is 8.38. The Morgan fingerprint density at radius 1 is 1.28 bits per heavy atom. The van der Waals surface area contributed by atoms with Crippen LogP contribution in [-0.4, -0.2) is 37.7 Å². The van der Waals surface area contributed by atoms with Gasteiger partial charge in [-0.05, 0) is 30.9 Å². The number of fused-ring (bicyclic) bond motifs is 1. The number of benzene rings is 1. The number of nitrogens with one attached hydrogen (secondary N) is 1. The van der Waals surface area contributed by atoms with E-state index < -0.39 is 30.3 Å². The van der Waals surface area contributed by atoms with E-state index in [9.17, 15) is 14.4 Å². The lowest BCUT2D eigenvalue weighted by Gasteiger charge is -2.22. The van der Waals surface area contributed by atoms with E-state index in [1.165, 1.54) is 7.11 Å². The Bertz CT molecular complexity index is 730. The van der Waals surface area contributed by atoms with Gasteiger partial charge in [-0.3, -0.25) is 14.4 Å². The average Bonchev–Trinajstić information content (AvgIpc) is 3.22. The number of hydrogen-bond acceptors (Lipinski definition) is 6. The zero-order chi connectivity index (χ0) is 17.6. The van der Waals surface area contributed by atoms with Gasteiger partial charge in [0, 0.05) is 5.92 Å². The third-order valence-electron chi connectivity index (χ3n) is 5.48. The SMILES string of the molecule is COc1ccccc1NC(=O)COC(=O)[C@@H]1[C@@H]2C[C@@H]3[C@H]1C(=O)O[C@H]3C2. The van der Waals surface area contributed by atoms with Crippen LogP contribution in [0.3, 0.4) is 0 Å². The Morgan fingerprint density at radius 2 is 2.08 bits per heavy atom. The zero-order valence-corrected chi connectivity index (χ0v) is 13.8. The zero-order valence-electron chi connectivity index (χ0n) is 13.8. The highest BCUT2D eigenvalue weighted by Crippen LogP contribution is 2.57. The molecule has 2 saturated carbocycles. The summed E-state index contributed by atoms with van der Waals surface area (Å²) >= 11 is 0. The van der Waals surface area contributed by atoms with Crippen LogP contribution in [0.4, 0.5) is 5.69 Å². The molecule has 4 rings (SSSR count). The predicted molar refractivity (Wildman–Crippen MR) is 85.7 cm³/mol. The van der Waals surface area contributed by atoms with Crippen molar-refractivity contribution in [2.75, 3.05) is 19.0 Å². The van der Waals surface area contributed by atoms with Crippen LogP contribution in [0.15, 0.2) is 24.3 Å². The van der Waals surface area contributed by atoms with E-state index in [0.29, 0.717) is 11.4 Å². The van der Waals surface area contributed by atoms with E-state index in [2.05, 4.69) is 5.32 Å². The maximum absolute atomic E-state index is 12.4. The summed E-state index contributed by atoms with van der Waals surface area (Å²) in [7, 11) is 1.51. The van der Waals surface area contributed by atoms with Crippen molar-refractivity contribution in [3.8, 4) is 5.75 Å². The molecule has 0 aromatic heterocycles. The molecule has 7 nitrogen and oxygen atoms in total. The third-order valence-corrected chi connectivity index (χ3v) is 5.48. The molecule has 2 aliphatic carbocycles. The second-order valence-corrected chi connectivity index (χ2v) is 6.78. The van der Waals surface area contributed by atoms with Crippen molar-refractivity contribution in [3.05, 3.63) is 24.3 Å². The Morgan fingerprint density at radius 3 is 2.88 bits per heavy atom. The molecule has 0 unspecified atom stereocenters. The highest BCUT2D eigenvalue weighted by molar-refractivity contribution is 5.94. The second-order valence-electron chi connectivity index (χ2n) is 6.78. The highest BCUT2D eigenvalue weighted by atomic mass is 16.6. The van der Waals surface area contributed by atoms with Crippen molar-refractivity contribution in [2.45, 2.75) is 18.9 Å². The number of methoxy groups -OCH3 is 1. The summed E-state index contributed by atoms with van der Waals surface area (Å²) < 4.78 is 15.7. The summed E-state index contributed by atoms with van der Waals surface area (Å²) in [6.07, 6.45) is 1.52. The first-order valence-corrected chi connectivity index (χ1v) is 8.38. The smallest absolute Gasteiger partial charge is 0.310 e. The molecule has 5 atom stereocenters. The van der Waals surface area contributed by atoms with E-state index in [1.54, 1.807) is 24.3 Å². The standard InChI is InChI=1S/C18H19NO6/c1-23-12-5-3-2-4-11(12)19-14(20)8-24-17(21)15-9-6-10-13(7-9)25-18(22)16(10)15/h2-5,9-10,13,15-16H,6-8H2,1H3,(H,19,20)/t9-,10+,13+,15-,16-/m1/s1. The summed E-state index contributed by atoms with van der Waals surface area (Å²) in [6, 6.07) is 6.97. The Kier molecular flexibility index (Phi) is 3.86. The van der Waals surface area contributed by atoms with Gasteiger partial charge in [0.25, 0.3) is 5.91 Å². The maximum atomic E-state index is 12.4. The fourth-order valence-electron chi connectivity index (χ4n) is 4.49. The summed E-state index contributed by atoms with van der Waals surface area (Å²) in [6.45, 7) is -0.393. The van der Waals surface area contributed by atoms with Gasteiger partial charge in [-0.1, -0.05) is 12.1 Å². The Labute approximate surface area is 144 Å². The number of anilines is 1. The monoisotopic (exact) mass is 345 g/mol. The molecule has 3 aliphatic rings. The van der Waals surface area contributed by atoms with Gasteiger partial charge in [0.05, 0.1) is 24.6 Å². The van der Waals surface area contributed by atoms with Gasteiger partial charge >= 0.3 is 11.9 Å². The molecule has 1 heterocycles. The number of rotatable bonds is 5. The van der Waals surface area contributed by atoms with E-state index in [4.69, 9.17) is 14.2 Å². The van der Waals surface area contributed by atoms with Crippen LogP contribution in [0.5, 0.6) is 5.75 Å². The molecule has 1 aromatic carbocycles. The fraction of sp³-hybridized carbons (Fsp3) is 0.500. The molecular weight excluding hydrogens is 326 g/mol. The van der Waals surface area contributed by atoms with E-state index in [1.807, 2.05) is 0 Å². The molecule has 3 fully saturated rings. The van der Waals surface area contributed by atoms with E-state index in [-0.39, 0.29) is 23.9 Å². The molecule has 1 aromatic rings. The lowest BCUT2D eigenvalue weighted by Crippen LogP contribution is -2.35. The van der Waals surface area contributed by atoms with Crippen molar-refractivity contribution in [2.24, 2.45) is 23.7 Å². The van der Waals surface area contributed by atoms with Crippen LogP contribution in [-0.2, 0) is 23.9 Å². The molecule has 25 heavy (non-hydrogen) atoms. The number of para-hydroxylation sites is 2. The van der Waals surface area contributed by atoms with E-state index >= 15 is 0 Å². The van der Waals surface area contributed by atoms with Gasteiger partial charge in [0.2, 0.25) is 0 Å². The van der Waals surface area contributed by atoms with Gasteiger partial charge < -0.3 is 19.5 Å². The number of amides is 1. The average molecular weight is 345 g/mol. The highest BCUT2D eigenvalue weighted by Gasteiger charge is 2.64. The summed E-state index contributed by atoms with van der Waals surface area (Å²) in [5.74, 6) is -1.32. The third kappa shape index (κ3) is 2.63. The number of carbonyl (C=O) groups is 3. The van der Waals surface area contributed by atoms with Crippen molar-refractivity contribution < 1.29 is 28.6 Å². The van der Waals surface area contributed by atoms with Gasteiger partial charge in [0.15, 0.2) is 6.61 Å². The topological polar surface area (TPSA) is 90.9 Å². The minimum atomic E-state index is -0.482. The normalized spacial score (nSPS) is 31.6. The number of ether oxygens (including phenoxy) is 3. The van der Waals surface area contributed by atoms with Gasteiger partial charge in [-0.2, -0.15) is 0 Å². The quantitative estimate of drug-likeness (QED) is 0.811. The molecule has 0 radical (unpaired) electrons. The molecule has 1 aliphatic heterocycles. The van der Waals surface area contributed by atoms with Gasteiger partial charge in [-0.15, -0.1) is 0 Å². The molecule has 2 bridgehead atoms. The molecule has 7 heteroatoms. The first-order chi connectivity index (χ1) is 12.1.